The summed E-state index contributed by atoms with van der Waals surface area (Å²) >= 11 is 0. The molecule has 7 nitrogen and oxygen atoms in total. The Morgan fingerprint density at radius 2 is 1.88 bits per heavy atom. The van der Waals surface area contributed by atoms with Gasteiger partial charge in [0, 0.05) is 76.8 Å². The summed E-state index contributed by atoms with van der Waals surface area (Å²) in [6, 6.07) is 14.3. The lowest BCUT2D eigenvalue weighted by molar-refractivity contribution is 0.197. The Morgan fingerprint density at radius 1 is 1.09 bits per heavy atom. The minimum atomic E-state index is -0.267. The van der Waals surface area contributed by atoms with E-state index < -0.39 is 0 Å². The van der Waals surface area contributed by atoms with Crippen molar-refractivity contribution in [3.05, 3.63) is 54.5 Å². The van der Waals surface area contributed by atoms with E-state index in [1.165, 1.54) is 11.8 Å². The average molecular weight is 440 g/mol. The molecule has 2 saturated heterocycles. The predicted molar refractivity (Wildman–Crippen MR) is 129 cm³/mol. The monoisotopic (exact) mass is 439 g/mol. The van der Waals surface area contributed by atoms with Crippen molar-refractivity contribution >= 4 is 17.5 Å². The second-order valence-electron chi connectivity index (χ2n) is 8.55. The van der Waals surface area contributed by atoms with Crippen LogP contribution in [0.4, 0.5) is 15.9 Å². The maximum Gasteiger partial charge on any atom is 0.191 e. The molecule has 1 aromatic heterocycles. The molecule has 4 rings (SSSR count). The van der Waals surface area contributed by atoms with Crippen LogP contribution in [-0.2, 0) is 0 Å². The molecule has 2 atom stereocenters. The molecular weight excluding hydrogens is 405 g/mol. The van der Waals surface area contributed by atoms with Crippen LogP contribution in [0.25, 0.3) is 0 Å². The van der Waals surface area contributed by atoms with Gasteiger partial charge in [-0.3, -0.25) is 9.89 Å². The first-order valence-corrected chi connectivity index (χ1v) is 11.5. The SMILES string of the molecule is CN=C(NCC(C)N1CCN(c2ccccc2)CC1)NC1CCN(c2ncccc2F)C1. The fourth-order valence-corrected chi connectivity index (χ4v) is 4.50. The number of nitrogens with zero attached hydrogens (tertiary/aromatic N) is 5. The molecule has 0 aliphatic carbocycles. The molecule has 2 aromatic rings. The molecule has 1 aromatic carbocycles. The smallest absolute Gasteiger partial charge is 0.191 e. The number of anilines is 2. The lowest BCUT2D eigenvalue weighted by atomic mass is 10.2. The standard InChI is InChI=1S/C24H34FN7/c1-19(30-13-15-31(16-14-30)21-7-4-3-5-8-21)17-28-24(26-2)29-20-10-12-32(18-20)23-22(25)9-6-11-27-23/h3-9,11,19-20H,10,12-18H2,1-2H3,(H2,26,28,29). The molecule has 0 spiro atoms. The molecule has 2 aliphatic rings. The van der Waals surface area contributed by atoms with E-state index in [1.54, 1.807) is 19.3 Å². The summed E-state index contributed by atoms with van der Waals surface area (Å²) in [5, 5.41) is 6.97. The molecule has 0 saturated carbocycles. The number of benzene rings is 1. The number of guanidine groups is 1. The minimum absolute atomic E-state index is 0.215. The zero-order valence-corrected chi connectivity index (χ0v) is 19.0. The number of hydrogen-bond acceptors (Lipinski definition) is 5. The Kier molecular flexibility index (Phi) is 7.42. The van der Waals surface area contributed by atoms with Crippen molar-refractivity contribution in [2.45, 2.75) is 25.4 Å². The molecule has 8 heteroatoms. The first-order valence-electron chi connectivity index (χ1n) is 11.5. The highest BCUT2D eigenvalue weighted by atomic mass is 19.1. The van der Waals surface area contributed by atoms with Gasteiger partial charge in [0.2, 0.25) is 0 Å². The van der Waals surface area contributed by atoms with E-state index in [0.717, 1.165) is 51.6 Å². The van der Waals surface area contributed by atoms with E-state index in [-0.39, 0.29) is 11.9 Å². The molecule has 32 heavy (non-hydrogen) atoms. The van der Waals surface area contributed by atoms with E-state index in [1.807, 2.05) is 4.90 Å². The second-order valence-corrected chi connectivity index (χ2v) is 8.55. The van der Waals surface area contributed by atoms with Crippen LogP contribution in [-0.4, -0.2) is 80.8 Å². The molecule has 172 valence electrons. The third-order valence-corrected chi connectivity index (χ3v) is 6.42. The molecule has 2 unspecified atom stereocenters. The number of rotatable bonds is 6. The maximum absolute atomic E-state index is 14.0. The Labute approximate surface area is 190 Å². The average Bonchev–Trinajstić information content (AvgIpc) is 3.30. The molecule has 0 bridgehead atoms. The topological polar surface area (TPSA) is 59.0 Å². The first kappa shape index (κ1) is 22.3. The van der Waals surface area contributed by atoms with Gasteiger partial charge in [0.05, 0.1) is 0 Å². The summed E-state index contributed by atoms with van der Waals surface area (Å²) in [7, 11) is 1.80. The van der Waals surface area contributed by atoms with Crippen molar-refractivity contribution in [3.8, 4) is 0 Å². The minimum Gasteiger partial charge on any atom is -0.369 e. The van der Waals surface area contributed by atoms with E-state index in [2.05, 4.69) is 67.7 Å². The van der Waals surface area contributed by atoms with Gasteiger partial charge in [0.25, 0.3) is 0 Å². The number of piperazine rings is 1. The van der Waals surface area contributed by atoms with Crippen molar-refractivity contribution in [2.75, 3.05) is 62.7 Å². The molecule has 0 radical (unpaired) electrons. The highest BCUT2D eigenvalue weighted by molar-refractivity contribution is 5.80. The summed E-state index contributed by atoms with van der Waals surface area (Å²) in [5.41, 5.74) is 1.30. The Morgan fingerprint density at radius 3 is 2.59 bits per heavy atom. The Bertz CT molecular complexity index is 883. The quantitative estimate of drug-likeness (QED) is 0.532. The summed E-state index contributed by atoms with van der Waals surface area (Å²) in [4.78, 5) is 15.6. The molecule has 2 fully saturated rings. The van der Waals surface area contributed by atoms with Crippen LogP contribution < -0.4 is 20.4 Å². The van der Waals surface area contributed by atoms with Crippen LogP contribution in [0.15, 0.2) is 53.7 Å². The van der Waals surface area contributed by atoms with Gasteiger partial charge in [-0.25, -0.2) is 9.37 Å². The number of aromatic nitrogens is 1. The second kappa shape index (κ2) is 10.6. The van der Waals surface area contributed by atoms with E-state index in [0.29, 0.717) is 18.4 Å². The van der Waals surface area contributed by atoms with Gasteiger partial charge in [-0.2, -0.15) is 0 Å². The third-order valence-electron chi connectivity index (χ3n) is 6.42. The summed E-state index contributed by atoms with van der Waals surface area (Å²) in [5.74, 6) is 0.966. The van der Waals surface area contributed by atoms with Crippen molar-refractivity contribution in [2.24, 2.45) is 4.99 Å². The van der Waals surface area contributed by atoms with Gasteiger partial charge in [-0.05, 0) is 37.6 Å². The van der Waals surface area contributed by atoms with Crippen molar-refractivity contribution in [1.82, 2.24) is 20.5 Å². The predicted octanol–water partition coefficient (Wildman–Crippen LogP) is 2.18. The number of para-hydroxylation sites is 1. The van der Waals surface area contributed by atoms with Crippen LogP contribution in [0.1, 0.15) is 13.3 Å². The van der Waals surface area contributed by atoms with Crippen LogP contribution >= 0.6 is 0 Å². The van der Waals surface area contributed by atoms with Crippen molar-refractivity contribution in [3.63, 3.8) is 0 Å². The van der Waals surface area contributed by atoms with Crippen LogP contribution in [0, 0.1) is 5.82 Å². The molecule has 0 amide bonds. The van der Waals surface area contributed by atoms with Gasteiger partial charge in [-0.15, -0.1) is 0 Å². The zero-order valence-electron chi connectivity index (χ0n) is 19.0. The normalized spacial score (nSPS) is 21.0. The lowest BCUT2D eigenvalue weighted by Gasteiger charge is -2.39. The van der Waals surface area contributed by atoms with Crippen LogP contribution in [0.2, 0.25) is 0 Å². The zero-order chi connectivity index (χ0) is 22.3. The van der Waals surface area contributed by atoms with Crippen LogP contribution in [0.5, 0.6) is 0 Å². The third kappa shape index (κ3) is 5.48. The van der Waals surface area contributed by atoms with Crippen LogP contribution in [0.3, 0.4) is 0 Å². The highest BCUT2D eigenvalue weighted by Gasteiger charge is 2.26. The van der Waals surface area contributed by atoms with Gasteiger partial charge < -0.3 is 20.4 Å². The maximum atomic E-state index is 14.0. The van der Waals surface area contributed by atoms with Gasteiger partial charge in [0.15, 0.2) is 17.6 Å². The van der Waals surface area contributed by atoms with Gasteiger partial charge >= 0.3 is 0 Å². The van der Waals surface area contributed by atoms with Crippen molar-refractivity contribution < 1.29 is 4.39 Å². The van der Waals surface area contributed by atoms with E-state index >= 15 is 0 Å². The Hall–Kier alpha value is -2.87. The highest BCUT2D eigenvalue weighted by Crippen LogP contribution is 2.21. The first-order chi connectivity index (χ1) is 15.6. The number of aliphatic imine (C=N–C) groups is 1. The fraction of sp³-hybridized carbons (Fsp3) is 0.500. The molecule has 3 heterocycles. The largest absolute Gasteiger partial charge is 0.369 e. The molecular formula is C24H34FN7. The number of halogens is 1. The lowest BCUT2D eigenvalue weighted by Crippen LogP contribution is -2.54. The summed E-state index contributed by atoms with van der Waals surface area (Å²) < 4.78 is 14.0. The summed E-state index contributed by atoms with van der Waals surface area (Å²) in [6.07, 6.45) is 2.56. The van der Waals surface area contributed by atoms with Gasteiger partial charge in [-0.1, -0.05) is 18.2 Å². The number of hydrogen-bond donors (Lipinski definition) is 2. The van der Waals surface area contributed by atoms with E-state index in [4.69, 9.17) is 0 Å². The Balaban J connectivity index is 1.21. The number of pyridine rings is 1. The van der Waals surface area contributed by atoms with Crippen molar-refractivity contribution in [1.29, 1.82) is 0 Å². The summed E-state index contributed by atoms with van der Waals surface area (Å²) in [6.45, 7) is 8.78. The number of nitrogens with one attached hydrogen (secondary N) is 2. The fourth-order valence-electron chi connectivity index (χ4n) is 4.50. The van der Waals surface area contributed by atoms with E-state index in [9.17, 15) is 4.39 Å². The van der Waals surface area contributed by atoms with Gasteiger partial charge in [0.1, 0.15) is 0 Å². The molecule has 2 N–H and O–H groups in total. The molecule has 2 aliphatic heterocycles.